The topological polar surface area (TPSA) is 75.4 Å². The number of benzene rings is 1. The monoisotopic (exact) mass is 248 g/mol. The van der Waals surface area contributed by atoms with Crippen LogP contribution in [-0.2, 0) is 17.9 Å². The first-order valence-corrected chi connectivity index (χ1v) is 6.41. The predicted molar refractivity (Wildman–Crippen MR) is 69.5 cm³/mol. The van der Waals surface area contributed by atoms with E-state index in [2.05, 4.69) is 5.32 Å². The van der Waals surface area contributed by atoms with Crippen molar-refractivity contribution < 1.29 is 9.90 Å². The third kappa shape index (κ3) is 3.09. The molecule has 1 aliphatic carbocycles. The van der Waals surface area contributed by atoms with Gasteiger partial charge in [0.05, 0.1) is 6.61 Å². The molecule has 0 aliphatic heterocycles. The number of rotatable bonds is 4. The van der Waals surface area contributed by atoms with Crippen LogP contribution in [0.3, 0.4) is 0 Å². The summed E-state index contributed by atoms with van der Waals surface area (Å²) < 4.78 is 0. The molecular formula is C14H20N2O2. The number of nitrogens with two attached hydrogens (primary N) is 1. The van der Waals surface area contributed by atoms with Gasteiger partial charge in [0.15, 0.2) is 0 Å². The Labute approximate surface area is 107 Å². The minimum atomic E-state index is 0.000344. The molecule has 4 nitrogen and oxygen atoms in total. The Kier molecular flexibility index (Phi) is 4.33. The molecule has 1 saturated carbocycles. The highest BCUT2D eigenvalue weighted by atomic mass is 16.3. The van der Waals surface area contributed by atoms with Crippen LogP contribution in [0.2, 0.25) is 0 Å². The van der Waals surface area contributed by atoms with Crippen LogP contribution in [0.15, 0.2) is 24.3 Å². The molecule has 4 heteroatoms. The van der Waals surface area contributed by atoms with Crippen LogP contribution in [-0.4, -0.2) is 17.1 Å². The van der Waals surface area contributed by atoms with Crippen molar-refractivity contribution >= 4 is 5.91 Å². The summed E-state index contributed by atoms with van der Waals surface area (Å²) in [4.78, 5) is 11.9. The molecule has 0 unspecified atom stereocenters. The third-order valence-corrected chi connectivity index (χ3v) is 3.59. The molecule has 0 aromatic heterocycles. The molecule has 1 aromatic rings. The van der Waals surface area contributed by atoms with E-state index in [0.717, 1.165) is 30.4 Å². The highest BCUT2D eigenvalue weighted by molar-refractivity contribution is 5.79. The molecule has 98 valence electrons. The van der Waals surface area contributed by atoms with E-state index in [0.29, 0.717) is 6.54 Å². The molecule has 4 N–H and O–H groups in total. The average Bonchev–Trinajstić information content (AvgIpc) is 2.83. The Hall–Kier alpha value is -1.39. The molecule has 1 amide bonds. The maximum absolute atomic E-state index is 11.9. The van der Waals surface area contributed by atoms with E-state index in [1.807, 2.05) is 24.3 Å². The summed E-state index contributed by atoms with van der Waals surface area (Å²) in [6.45, 7) is 0.474. The van der Waals surface area contributed by atoms with Crippen molar-refractivity contribution in [1.29, 1.82) is 0 Å². The van der Waals surface area contributed by atoms with Gasteiger partial charge in [0, 0.05) is 18.5 Å². The fourth-order valence-electron chi connectivity index (χ4n) is 2.47. The number of nitrogens with one attached hydrogen (secondary N) is 1. The summed E-state index contributed by atoms with van der Waals surface area (Å²) in [5.41, 5.74) is 7.63. The van der Waals surface area contributed by atoms with E-state index in [9.17, 15) is 9.90 Å². The van der Waals surface area contributed by atoms with E-state index in [1.165, 1.54) is 0 Å². The van der Waals surface area contributed by atoms with Crippen LogP contribution < -0.4 is 11.1 Å². The van der Waals surface area contributed by atoms with E-state index >= 15 is 0 Å². The first kappa shape index (κ1) is 13.1. The zero-order valence-corrected chi connectivity index (χ0v) is 10.4. The first-order chi connectivity index (χ1) is 8.70. The van der Waals surface area contributed by atoms with Crippen molar-refractivity contribution in [3.63, 3.8) is 0 Å². The van der Waals surface area contributed by atoms with Crippen LogP contribution in [0.5, 0.6) is 0 Å². The van der Waals surface area contributed by atoms with Gasteiger partial charge in [-0.25, -0.2) is 0 Å². The summed E-state index contributed by atoms with van der Waals surface area (Å²) in [5.74, 6) is 0.136. The summed E-state index contributed by atoms with van der Waals surface area (Å²) in [7, 11) is 0. The fraction of sp³-hybridized carbons (Fsp3) is 0.500. The molecule has 0 bridgehead atoms. The van der Waals surface area contributed by atoms with Crippen LogP contribution in [0.1, 0.15) is 30.4 Å². The molecule has 1 aliphatic rings. The van der Waals surface area contributed by atoms with Crippen LogP contribution in [0.4, 0.5) is 0 Å². The van der Waals surface area contributed by atoms with Gasteiger partial charge in [-0.15, -0.1) is 0 Å². The van der Waals surface area contributed by atoms with Crippen molar-refractivity contribution in [3.8, 4) is 0 Å². The quantitative estimate of drug-likeness (QED) is 0.741. The maximum Gasteiger partial charge on any atom is 0.223 e. The highest BCUT2D eigenvalue weighted by Gasteiger charge is 2.27. The summed E-state index contributed by atoms with van der Waals surface area (Å²) in [6, 6.07) is 7.75. The minimum Gasteiger partial charge on any atom is -0.392 e. The van der Waals surface area contributed by atoms with Gasteiger partial charge < -0.3 is 16.2 Å². The number of carbonyl (C=O) groups excluding carboxylic acids is 1. The van der Waals surface area contributed by atoms with Gasteiger partial charge >= 0.3 is 0 Å². The molecule has 1 aromatic carbocycles. The lowest BCUT2D eigenvalue weighted by Gasteiger charge is -2.12. The summed E-state index contributed by atoms with van der Waals surface area (Å²) in [5, 5.41) is 12.1. The smallest absolute Gasteiger partial charge is 0.223 e. The zero-order valence-electron chi connectivity index (χ0n) is 10.4. The summed E-state index contributed by atoms with van der Waals surface area (Å²) in [6.07, 6.45) is 2.60. The third-order valence-electron chi connectivity index (χ3n) is 3.59. The molecule has 0 saturated heterocycles. The summed E-state index contributed by atoms with van der Waals surface area (Å²) >= 11 is 0. The predicted octanol–water partition coefficient (Wildman–Crippen LogP) is 0.922. The second-order valence-electron chi connectivity index (χ2n) is 4.91. The van der Waals surface area contributed by atoms with Gasteiger partial charge in [-0.05, 0) is 30.4 Å². The molecule has 2 atom stereocenters. The molecular weight excluding hydrogens is 228 g/mol. The Morgan fingerprint density at radius 2 is 2.06 bits per heavy atom. The Balaban J connectivity index is 1.89. The van der Waals surface area contributed by atoms with Gasteiger partial charge in [-0.2, -0.15) is 0 Å². The van der Waals surface area contributed by atoms with Crippen molar-refractivity contribution in [2.75, 3.05) is 0 Å². The lowest BCUT2D eigenvalue weighted by atomic mass is 10.1. The number of hydrogen-bond acceptors (Lipinski definition) is 3. The molecule has 2 rings (SSSR count). The van der Waals surface area contributed by atoms with Gasteiger partial charge in [0.25, 0.3) is 0 Å². The second-order valence-corrected chi connectivity index (χ2v) is 4.91. The van der Waals surface area contributed by atoms with Gasteiger partial charge in [-0.3, -0.25) is 4.79 Å². The van der Waals surface area contributed by atoms with Gasteiger partial charge in [-0.1, -0.05) is 24.3 Å². The minimum absolute atomic E-state index is 0.000344. The SMILES string of the molecule is N[C@@H]1CC[C@H](C(=O)NCc2ccccc2CO)C1. The number of aliphatic hydroxyl groups excluding tert-OH is 1. The molecule has 1 fully saturated rings. The Bertz CT molecular complexity index is 420. The number of amides is 1. The number of carbonyl (C=O) groups is 1. The molecule has 0 spiro atoms. The molecule has 18 heavy (non-hydrogen) atoms. The average molecular weight is 248 g/mol. The number of hydrogen-bond donors (Lipinski definition) is 3. The number of aliphatic hydroxyl groups is 1. The van der Waals surface area contributed by atoms with Crippen molar-refractivity contribution in [1.82, 2.24) is 5.32 Å². The van der Waals surface area contributed by atoms with E-state index in [1.54, 1.807) is 0 Å². The van der Waals surface area contributed by atoms with Crippen LogP contribution >= 0.6 is 0 Å². The first-order valence-electron chi connectivity index (χ1n) is 6.41. The Morgan fingerprint density at radius 3 is 2.67 bits per heavy atom. The van der Waals surface area contributed by atoms with Crippen LogP contribution in [0, 0.1) is 5.92 Å². The maximum atomic E-state index is 11.9. The van der Waals surface area contributed by atoms with Gasteiger partial charge in [0.1, 0.15) is 0 Å². The highest BCUT2D eigenvalue weighted by Crippen LogP contribution is 2.24. The standard InChI is InChI=1S/C14H20N2O2/c15-13-6-5-10(7-13)14(18)16-8-11-3-1-2-4-12(11)9-17/h1-4,10,13,17H,5-9,15H2,(H,16,18)/t10-,13+/m0/s1. The van der Waals surface area contributed by atoms with Crippen molar-refractivity contribution in [3.05, 3.63) is 35.4 Å². The van der Waals surface area contributed by atoms with Gasteiger partial charge in [0.2, 0.25) is 5.91 Å². The van der Waals surface area contributed by atoms with E-state index in [4.69, 9.17) is 5.73 Å². The molecule has 0 radical (unpaired) electrons. The normalized spacial score (nSPS) is 23.0. The zero-order chi connectivity index (χ0) is 13.0. The fourth-order valence-corrected chi connectivity index (χ4v) is 2.47. The Morgan fingerprint density at radius 1 is 1.33 bits per heavy atom. The van der Waals surface area contributed by atoms with Crippen LogP contribution in [0.25, 0.3) is 0 Å². The van der Waals surface area contributed by atoms with E-state index in [-0.39, 0.29) is 24.5 Å². The van der Waals surface area contributed by atoms with Crippen molar-refractivity contribution in [2.24, 2.45) is 11.7 Å². The van der Waals surface area contributed by atoms with E-state index < -0.39 is 0 Å². The molecule has 0 heterocycles. The largest absolute Gasteiger partial charge is 0.392 e. The lowest BCUT2D eigenvalue weighted by molar-refractivity contribution is -0.125. The lowest BCUT2D eigenvalue weighted by Crippen LogP contribution is -2.30. The van der Waals surface area contributed by atoms with Crippen molar-refractivity contribution in [2.45, 2.75) is 38.5 Å². The second kappa shape index (κ2) is 5.98.